The number of carbonyl (C=O) groups is 3. The van der Waals surface area contributed by atoms with Crippen molar-refractivity contribution >= 4 is 39.5 Å². The van der Waals surface area contributed by atoms with E-state index >= 15 is 0 Å². The van der Waals surface area contributed by atoms with Crippen molar-refractivity contribution in [2.45, 2.75) is 52.6 Å². The second-order valence-corrected chi connectivity index (χ2v) is 13.8. The number of nitrogens with one attached hydrogen (secondary N) is 1. The lowest BCUT2D eigenvalue weighted by atomic mass is 10.0. The molecule has 1 saturated heterocycles. The predicted molar refractivity (Wildman–Crippen MR) is 158 cm³/mol. The van der Waals surface area contributed by atoms with Crippen molar-refractivity contribution in [2.75, 3.05) is 38.5 Å². The first-order valence-electron chi connectivity index (χ1n) is 13.9. The molecule has 1 aliphatic rings. The Morgan fingerprint density at radius 2 is 1.68 bits per heavy atom. The molecule has 242 valence electrons. The zero-order valence-electron chi connectivity index (χ0n) is 24.9. The van der Waals surface area contributed by atoms with Crippen LogP contribution in [0.5, 0.6) is 0 Å². The third-order valence-corrected chi connectivity index (χ3v) is 8.64. The minimum Gasteiger partial charge on any atom is -0.444 e. The molecule has 0 bridgehead atoms. The molecular weight excluding hydrogens is 625 g/mol. The lowest BCUT2D eigenvalue weighted by Gasteiger charge is -2.35. The van der Waals surface area contributed by atoms with Gasteiger partial charge in [0.15, 0.2) is 0 Å². The van der Waals surface area contributed by atoms with E-state index in [1.165, 1.54) is 30.0 Å². The van der Waals surface area contributed by atoms with Crippen LogP contribution in [-0.2, 0) is 38.8 Å². The highest BCUT2D eigenvalue weighted by Crippen LogP contribution is 2.34. The quantitative estimate of drug-likeness (QED) is 0.421. The fourth-order valence-electron chi connectivity index (χ4n) is 4.48. The maximum atomic E-state index is 14.2. The van der Waals surface area contributed by atoms with Crippen molar-refractivity contribution in [2.24, 2.45) is 0 Å². The molecular formula is C29H36ClF3N4O6S. The molecule has 0 saturated carbocycles. The number of sulfonamides is 1. The van der Waals surface area contributed by atoms with Gasteiger partial charge in [-0.2, -0.15) is 13.2 Å². The summed E-state index contributed by atoms with van der Waals surface area (Å²) in [6, 6.07) is 9.22. The topological polar surface area (TPSA) is 116 Å². The standard InChI is InChI=1S/C29H36ClF3N4O6S/c1-5-44(41,42)37(18-20-7-6-8-23(30)15-20)26(39)21-9-10-22(24(16-21)29(31,32)33)19-35-11-13-36(14-12-35)25(38)17-34-27(40)43-28(2,3)4/h6-10,15-16H,5,11-14,17-19H2,1-4H3,(H,34,40). The zero-order chi connectivity index (χ0) is 32.9. The van der Waals surface area contributed by atoms with Crippen LogP contribution in [0.1, 0.15) is 54.7 Å². The van der Waals surface area contributed by atoms with Crippen LogP contribution in [-0.4, -0.2) is 84.5 Å². The normalized spacial score (nSPS) is 14.7. The van der Waals surface area contributed by atoms with E-state index in [4.69, 9.17) is 16.3 Å². The van der Waals surface area contributed by atoms with Gasteiger partial charge in [-0.05, 0) is 63.1 Å². The summed E-state index contributed by atoms with van der Waals surface area (Å²) < 4.78 is 73.8. The molecule has 44 heavy (non-hydrogen) atoms. The number of nitrogens with zero attached hydrogens (tertiary/aromatic N) is 3. The Kier molecular flexibility index (Phi) is 11.3. The van der Waals surface area contributed by atoms with E-state index in [1.54, 1.807) is 43.9 Å². The van der Waals surface area contributed by atoms with Gasteiger partial charge in [-0.15, -0.1) is 0 Å². The number of ether oxygens (including phenoxy) is 1. The van der Waals surface area contributed by atoms with Crippen LogP contribution in [0.15, 0.2) is 42.5 Å². The highest BCUT2D eigenvalue weighted by atomic mass is 35.5. The molecule has 1 heterocycles. The predicted octanol–water partition coefficient (Wildman–Crippen LogP) is 4.52. The Labute approximate surface area is 260 Å². The smallest absolute Gasteiger partial charge is 0.416 e. The molecule has 1 aliphatic heterocycles. The van der Waals surface area contributed by atoms with Gasteiger partial charge in [0.2, 0.25) is 15.9 Å². The molecule has 0 atom stereocenters. The van der Waals surface area contributed by atoms with E-state index < -0.39 is 57.2 Å². The molecule has 0 unspecified atom stereocenters. The number of hydrogen-bond donors (Lipinski definition) is 1. The summed E-state index contributed by atoms with van der Waals surface area (Å²) in [5.74, 6) is -1.87. The molecule has 3 rings (SSSR count). The summed E-state index contributed by atoms with van der Waals surface area (Å²) in [5.41, 5.74) is -1.90. The highest BCUT2D eigenvalue weighted by Gasteiger charge is 2.36. The van der Waals surface area contributed by atoms with Gasteiger partial charge >= 0.3 is 12.3 Å². The summed E-state index contributed by atoms with van der Waals surface area (Å²) >= 11 is 5.99. The van der Waals surface area contributed by atoms with Crippen molar-refractivity contribution in [3.05, 3.63) is 69.7 Å². The van der Waals surface area contributed by atoms with Crippen molar-refractivity contribution in [3.63, 3.8) is 0 Å². The van der Waals surface area contributed by atoms with Crippen LogP contribution in [0.4, 0.5) is 18.0 Å². The number of rotatable bonds is 9. The molecule has 1 fully saturated rings. The van der Waals surface area contributed by atoms with Gasteiger partial charge in [0.05, 0.1) is 17.9 Å². The molecule has 15 heteroatoms. The Hall–Kier alpha value is -3.36. The number of alkyl halides is 3. The Morgan fingerprint density at radius 1 is 1.02 bits per heavy atom. The second kappa shape index (κ2) is 14.2. The van der Waals surface area contributed by atoms with E-state index in [0.29, 0.717) is 21.0 Å². The Balaban J connectivity index is 1.72. The van der Waals surface area contributed by atoms with Crippen LogP contribution in [0.25, 0.3) is 0 Å². The van der Waals surface area contributed by atoms with E-state index in [-0.39, 0.29) is 50.7 Å². The summed E-state index contributed by atoms with van der Waals surface area (Å²) in [4.78, 5) is 40.9. The van der Waals surface area contributed by atoms with Crippen molar-refractivity contribution < 1.29 is 40.7 Å². The van der Waals surface area contributed by atoms with Crippen LogP contribution < -0.4 is 5.32 Å². The maximum Gasteiger partial charge on any atom is 0.416 e. The Morgan fingerprint density at radius 3 is 2.25 bits per heavy atom. The minimum absolute atomic E-state index is 0.0971. The van der Waals surface area contributed by atoms with E-state index in [9.17, 15) is 36.0 Å². The summed E-state index contributed by atoms with van der Waals surface area (Å²) in [6.07, 6.45) is -5.55. The average molecular weight is 661 g/mol. The minimum atomic E-state index is -4.82. The first-order valence-corrected chi connectivity index (χ1v) is 15.8. The molecule has 0 radical (unpaired) electrons. The third-order valence-electron chi connectivity index (χ3n) is 6.71. The van der Waals surface area contributed by atoms with Crippen LogP contribution in [0.2, 0.25) is 5.02 Å². The van der Waals surface area contributed by atoms with Crippen LogP contribution in [0.3, 0.4) is 0 Å². The van der Waals surface area contributed by atoms with Gasteiger partial charge in [0.25, 0.3) is 5.91 Å². The highest BCUT2D eigenvalue weighted by molar-refractivity contribution is 7.89. The van der Waals surface area contributed by atoms with Gasteiger partial charge in [-0.1, -0.05) is 29.8 Å². The first kappa shape index (κ1) is 35.1. The number of hydrogen-bond acceptors (Lipinski definition) is 7. The summed E-state index contributed by atoms with van der Waals surface area (Å²) in [7, 11) is -4.14. The number of amides is 3. The molecule has 0 spiro atoms. The van der Waals surface area contributed by atoms with E-state index in [2.05, 4.69) is 5.32 Å². The number of piperazine rings is 1. The molecule has 1 N–H and O–H groups in total. The molecule has 0 aromatic heterocycles. The van der Waals surface area contributed by atoms with Gasteiger partial charge in [0, 0.05) is 43.3 Å². The monoisotopic (exact) mass is 660 g/mol. The average Bonchev–Trinajstić information content (AvgIpc) is 2.93. The number of alkyl carbamates (subject to hydrolysis) is 1. The van der Waals surface area contributed by atoms with E-state index in [0.717, 1.165) is 0 Å². The van der Waals surface area contributed by atoms with Crippen LogP contribution in [0, 0.1) is 0 Å². The summed E-state index contributed by atoms with van der Waals surface area (Å²) in [5, 5.41) is 2.71. The first-order chi connectivity index (χ1) is 20.4. The van der Waals surface area contributed by atoms with Gasteiger partial charge in [-0.25, -0.2) is 17.5 Å². The van der Waals surface area contributed by atoms with E-state index in [1.807, 2.05) is 0 Å². The molecule has 10 nitrogen and oxygen atoms in total. The fourth-order valence-corrected chi connectivity index (χ4v) is 5.71. The number of halogens is 4. The molecule has 0 aliphatic carbocycles. The second-order valence-electron chi connectivity index (χ2n) is 11.2. The van der Waals surface area contributed by atoms with Crippen molar-refractivity contribution in [1.29, 1.82) is 0 Å². The third kappa shape index (κ3) is 9.83. The lowest BCUT2D eigenvalue weighted by molar-refractivity contribution is -0.138. The van der Waals surface area contributed by atoms with Crippen molar-refractivity contribution in [1.82, 2.24) is 19.4 Å². The number of carbonyl (C=O) groups excluding carboxylic acids is 3. The van der Waals surface area contributed by atoms with Gasteiger partial charge < -0.3 is 15.0 Å². The SMILES string of the molecule is CCS(=O)(=O)N(Cc1cccc(Cl)c1)C(=O)c1ccc(CN2CCN(C(=O)CNC(=O)OC(C)(C)C)CC2)c(C(F)(F)F)c1. The lowest BCUT2D eigenvalue weighted by Crippen LogP contribution is -2.51. The molecule has 3 amide bonds. The van der Waals surface area contributed by atoms with Gasteiger partial charge in [-0.3, -0.25) is 14.5 Å². The van der Waals surface area contributed by atoms with Crippen LogP contribution >= 0.6 is 11.6 Å². The maximum absolute atomic E-state index is 14.2. The Bertz CT molecular complexity index is 1470. The molecule has 2 aromatic rings. The number of benzene rings is 2. The van der Waals surface area contributed by atoms with Gasteiger partial charge in [0.1, 0.15) is 12.1 Å². The largest absolute Gasteiger partial charge is 0.444 e. The fraction of sp³-hybridized carbons (Fsp3) is 0.483. The molecule has 2 aromatic carbocycles. The zero-order valence-corrected chi connectivity index (χ0v) is 26.5. The van der Waals surface area contributed by atoms with Crippen molar-refractivity contribution in [3.8, 4) is 0 Å². The summed E-state index contributed by atoms with van der Waals surface area (Å²) in [6.45, 7) is 6.66.